The molecule has 0 saturated carbocycles. The van der Waals surface area contributed by atoms with Crippen molar-refractivity contribution in [2.75, 3.05) is 86.1 Å². The molecule has 166 valence electrons. The lowest BCUT2D eigenvalue weighted by atomic mass is 10.1. The monoisotopic (exact) mass is 411 g/mol. The summed E-state index contributed by atoms with van der Waals surface area (Å²) >= 11 is 0. The van der Waals surface area contributed by atoms with Crippen molar-refractivity contribution in [2.45, 2.75) is 32.0 Å². The van der Waals surface area contributed by atoms with E-state index in [1.54, 1.807) is 4.90 Å². The molecule has 3 aliphatic rings. The highest BCUT2D eigenvalue weighted by molar-refractivity contribution is 5.71. The number of ether oxygens (including phenoxy) is 2. The van der Waals surface area contributed by atoms with E-state index in [0.29, 0.717) is 6.54 Å². The van der Waals surface area contributed by atoms with Gasteiger partial charge in [-0.25, -0.2) is 4.79 Å². The van der Waals surface area contributed by atoms with Crippen LogP contribution >= 0.6 is 0 Å². The summed E-state index contributed by atoms with van der Waals surface area (Å²) in [7, 11) is 3.27. The van der Waals surface area contributed by atoms with Gasteiger partial charge in [-0.15, -0.1) is 0 Å². The number of methoxy groups -OCH3 is 1. The Balaban J connectivity index is 1.45. The molecule has 2 unspecified atom stereocenters. The van der Waals surface area contributed by atoms with Crippen molar-refractivity contribution in [1.29, 1.82) is 0 Å². The van der Waals surface area contributed by atoms with Gasteiger partial charge in [0.05, 0.1) is 19.7 Å². The first kappa shape index (κ1) is 22.3. The van der Waals surface area contributed by atoms with Crippen molar-refractivity contribution in [3.63, 3.8) is 0 Å². The summed E-state index contributed by atoms with van der Waals surface area (Å²) in [6.07, 6.45) is 1.60. The van der Waals surface area contributed by atoms with Gasteiger partial charge in [-0.05, 0) is 25.9 Å². The van der Waals surface area contributed by atoms with Crippen LogP contribution in [0, 0.1) is 0 Å². The quantitative estimate of drug-likeness (QED) is 0.516. The van der Waals surface area contributed by atoms with Gasteiger partial charge in [0, 0.05) is 59.4 Å². The zero-order chi connectivity index (χ0) is 20.8. The highest BCUT2D eigenvalue weighted by atomic mass is 16.6. The number of hydrogen-bond donors (Lipinski definition) is 0. The Kier molecular flexibility index (Phi) is 8.11. The molecule has 9 heteroatoms. The lowest BCUT2D eigenvalue weighted by Crippen LogP contribution is -2.54. The van der Waals surface area contributed by atoms with Crippen LogP contribution < -0.4 is 0 Å². The molecule has 0 aromatic rings. The molecule has 0 N–H and O–H groups in total. The molecule has 0 aliphatic carbocycles. The van der Waals surface area contributed by atoms with E-state index in [1.165, 1.54) is 7.11 Å². The second-order valence-corrected chi connectivity index (χ2v) is 8.26. The number of piperazine rings is 2. The average Bonchev–Trinajstić information content (AvgIpc) is 3.03. The molecular formula is C20H37N5O4. The number of esters is 1. The standard InChI is InChI=1S/C20H37N5O4/c1-4-22-8-10-23(11-9-22)7-5-6-17-19(29-20(27)21(17)2)25-14-12-24(13-15-25)16-18(26)28-3/h17,19H,4-16H2,1-3H3. The maximum Gasteiger partial charge on any atom is 0.411 e. The summed E-state index contributed by atoms with van der Waals surface area (Å²) in [5.74, 6) is -0.205. The Hall–Kier alpha value is -1.42. The van der Waals surface area contributed by atoms with E-state index < -0.39 is 0 Å². The van der Waals surface area contributed by atoms with Crippen molar-refractivity contribution >= 4 is 12.1 Å². The molecule has 3 fully saturated rings. The van der Waals surface area contributed by atoms with Gasteiger partial charge in [0.25, 0.3) is 0 Å². The number of hydrogen-bond acceptors (Lipinski definition) is 8. The smallest absolute Gasteiger partial charge is 0.411 e. The summed E-state index contributed by atoms with van der Waals surface area (Å²) in [4.78, 5) is 34.8. The van der Waals surface area contributed by atoms with Crippen LogP contribution in [0.1, 0.15) is 19.8 Å². The van der Waals surface area contributed by atoms with Gasteiger partial charge >= 0.3 is 12.1 Å². The van der Waals surface area contributed by atoms with E-state index in [1.807, 2.05) is 7.05 Å². The van der Waals surface area contributed by atoms with Crippen molar-refractivity contribution in [1.82, 2.24) is 24.5 Å². The van der Waals surface area contributed by atoms with Crippen LogP contribution in [0.25, 0.3) is 0 Å². The van der Waals surface area contributed by atoms with Gasteiger partial charge in [0.15, 0.2) is 6.23 Å². The van der Waals surface area contributed by atoms with Crippen LogP contribution in [-0.2, 0) is 14.3 Å². The Morgan fingerprint density at radius 2 is 1.66 bits per heavy atom. The molecular weight excluding hydrogens is 374 g/mol. The fraction of sp³-hybridized carbons (Fsp3) is 0.900. The predicted molar refractivity (Wildman–Crippen MR) is 110 cm³/mol. The van der Waals surface area contributed by atoms with Crippen LogP contribution in [0.15, 0.2) is 0 Å². The minimum absolute atomic E-state index is 0.0894. The molecule has 3 aliphatic heterocycles. The largest absolute Gasteiger partial charge is 0.468 e. The lowest BCUT2D eigenvalue weighted by Gasteiger charge is -2.38. The molecule has 29 heavy (non-hydrogen) atoms. The van der Waals surface area contributed by atoms with Gasteiger partial charge in [0.1, 0.15) is 0 Å². The van der Waals surface area contributed by atoms with Crippen LogP contribution in [-0.4, -0.2) is 135 Å². The summed E-state index contributed by atoms with van der Waals surface area (Å²) in [6, 6.07) is 0.0894. The van der Waals surface area contributed by atoms with Gasteiger partial charge in [-0.2, -0.15) is 0 Å². The third-order valence-electron chi connectivity index (χ3n) is 6.57. The molecule has 3 rings (SSSR count). The molecule has 0 bridgehead atoms. The highest BCUT2D eigenvalue weighted by Gasteiger charge is 2.43. The first-order valence-corrected chi connectivity index (χ1v) is 10.9. The van der Waals surface area contributed by atoms with Gasteiger partial charge in [0.2, 0.25) is 0 Å². The number of amides is 1. The lowest BCUT2D eigenvalue weighted by molar-refractivity contribution is -0.142. The SMILES string of the molecule is CCN1CCN(CCCC2C(N3CCN(CC(=O)OC)CC3)OC(=O)N2C)CC1. The third kappa shape index (κ3) is 5.81. The van der Waals surface area contributed by atoms with Crippen LogP contribution in [0.2, 0.25) is 0 Å². The zero-order valence-electron chi connectivity index (χ0n) is 18.2. The number of carbonyl (C=O) groups excluding carboxylic acids is 2. The number of rotatable bonds is 8. The second kappa shape index (κ2) is 10.6. The Morgan fingerprint density at radius 1 is 1.03 bits per heavy atom. The van der Waals surface area contributed by atoms with E-state index >= 15 is 0 Å². The van der Waals surface area contributed by atoms with Crippen molar-refractivity contribution in [3.8, 4) is 0 Å². The Labute approximate surface area is 174 Å². The summed E-state index contributed by atoms with van der Waals surface area (Å²) in [5.41, 5.74) is 0. The van der Waals surface area contributed by atoms with Crippen LogP contribution in [0.5, 0.6) is 0 Å². The van der Waals surface area contributed by atoms with E-state index in [0.717, 1.165) is 78.3 Å². The fourth-order valence-corrected chi connectivity index (χ4v) is 4.52. The highest BCUT2D eigenvalue weighted by Crippen LogP contribution is 2.26. The van der Waals surface area contributed by atoms with Gasteiger partial charge in [-0.3, -0.25) is 14.6 Å². The molecule has 0 spiro atoms. The van der Waals surface area contributed by atoms with Crippen LogP contribution in [0.4, 0.5) is 4.79 Å². The zero-order valence-corrected chi connectivity index (χ0v) is 18.2. The molecule has 2 atom stereocenters. The normalized spacial score (nSPS) is 28.0. The second-order valence-electron chi connectivity index (χ2n) is 8.26. The fourth-order valence-electron chi connectivity index (χ4n) is 4.52. The number of nitrogens with zero attached hydrogens (tertiary/aromatic N) is 5. The number of cyclic esters (lactones) is 1. The van der Waals surface area contributed by atoms with Crippen molar-refractivity contribution < 1.29 is 19.1 Å². The maximum atomic E-state index is 12.2. The molecule has 1 amide bonds. The van der Waals surface area contributed by atoms with E-state index in [9.17, 15) is 9.59 Å². The van der Waals surface area contributed by atoms with E-state index in [-0.39, 0.29) is 24.3 Å². The Bertz CT molecular complexity index is 547. The average molecular weight is 412 g/mol. The molecule has 0 radical (unpaired) electrons. The van der Waals surface area contributed by atoms with Gasteiger partial charge < -0.3 is 24.2 Å². The predicted octanol–water partition coefficient (Wildman–Crippen LogP) is -0.0286. The summed E-state index contributed by atoms with van der Waals surface area (Å²) < 4.78 is 10.5. The molecule has 3 heterocycles. The number of carbonyl (C=O) groups is 2. The van der Waals surface area contributed by atoms with E-state index in [4.69, 9.17) is 9.47 Å². The van der Waals surface area contributed by atoms with Crippen LogP contribution in [0.3, 0.4) is 0 Å². The summed E-state index contributed by atoms with van der Waals surface area (Å²) in [6.45, 7) is 12.5. The topological polar surface area (TPSA) is 68.8 Å². The number of likely N-dealkylation sites (N-methyl/N-ethyl adjacent to an activating group) is 2. The van der Waals surface area contributed by atoms with Crippen molar-refractivity contribution in [3.05, 3.63) is 0 Å². The molecule has 3 saturated heterocycles. The minimum Gasteiger partial charge on any atom is -0.468 e. The molecule has 0 aromatic heterocycles. The molecule has 0 aromatic carbocycles. The first-order valence-electron chi connectivity index (χ1n) is 10.9. The third-order valence-corrected chi connectivity index (χ3v) is 6.57. The summed E-state index contributed by atoms with van der Waals surface area (Å²) in [5, 5.41) is 0. The van der Waals surface area contributed by atoms with E-state index in [2.05, 4.69) is 26.5 Å². The minimum atomic E-state index is -0.228. The van der Waals surface area contributed by atoms with Crippen molar-refractivity contribution in [2.24, 2.45) is 0 Å². The van der Waals surface area contributed by atoms with Gasteiger partial charge in [-0.1, -0.05) is 6.92 Å². The molecule has 9 nitrogen and oxygen atoms in total. The Morgan fingerprint density at radius 3 is 2.28 bits per heavy atom. The first-order chi connectivity index (χ1) is 14.0. The maximum absolute atomic E-state index is 12.2.